The standard InChI is InChI=1S/C20H22F3N3O2/c21-17-3-1-2-4-18(17)25-11-13-26(14-12-25)20(27)24-10-9-15-5-7-16(8-6-15)28-19(22)23/h1-8,19H,9-14H2,(H,24,27). The molecule has 8 heteroatoms. The maximum absolute atomic E-state index is 13.9. The summed E-state index contributed by atoms with van der Waals surface area (Å²) in [5.74, 6) is -0.152. The van der Waals surface area contributed by atoms with Crippen LogP contribution >= 0.6 is 0 Å². The predicted octanol–water partition coefficient (Wildman–Crippen LogP) is 3.50. The Morgan fingerprint density at radius 1 is 1.04 bits per heavy atom. The predicted molar refractivity (Wildman–Crippen MR) is 100 cm³/mol. The number of alkyl halides is 2. The quantitative estimate of drug-likeness (QED) is 0.817. The van der Waals surface area contributed by atoms with Crippen LogP contribution in [0.15, 0.2) is 48.5 Å². The molecular weight excluding hydrogens is 371 g/mol. The highest BCUT2D eigenvalue weighted by Gasteiger charge is 2.22. The molecule has 2 aromatic carbocycles. The van der Waals surface area contributed by atoms with E-state index in [4.69, 9.17) is 0 Å². The van der Waals surface area contributed by atoms with E-state index in [1.54, 1.807) is 35.2 Å². The van der Waals surface area contributed by atoms with Crippen LogP contribution in [0, 0.1) is 5.82 Å². The zero-order chi connectivity index (χ0) is 19.9. The smallest absolute Gasteiger partial charge is 0.387 e. The van der Waals surface area contributed by atoms with Gasteiger partial charge >= 0.3 is 12.6 Å². The minimum absolute atomic E-state index is 0.107. The number of hydrogen-bond acceptors (Lipinski definition) is 3. The van der Waals surface area contributed by atoms with E-state index in [-0.39, 0.29) is 17.6 Å². The molecule has 1 aliphatic rings. The first kappa shape index (κ1) is 19.9. The van der Waals surface area contributed by atoms with Crippen molar-refractivity contribution in [2.45, 2.75) is 13.0 Å². The number of halogens is 3. The highest BCUT2D eigenvalue weighted by atomic mass is 19.3. The van der Waals surface area contributed by atoms with Crippen molar-refractivity contribution in [3.8, 4) is 5.75 Å². The van der Waals surface area contributed by atoms with Crippen molar-refractivity contribution in [3.63, 3.8) is 0 Å². The molecule has 1 heterocycles. The molecule has 2 amide bonds. The van der Waals surface area contributed by atoms with Crippen LogP contribution in [0.5, 0.6) is 5.75 Å². The average molecular weight is 393 g/mol. The van der Waals surface area contributed by atoms with Crippen LogP contribution in [0.2, 0.25) is 0 Å². The number of benzene rings is 2. The Hall–Kier alpha value is -2.90. The number of nitrogens with zero attached hydrogens (tertiary/aromatic N) is 2. The van der Waals surface area contributed by atoms with Gasteiger partial charge in [0.1, 0.15) is 11.6 Å². The number of hydrogen-bond donors (Lipinski definition) is 1. The van der Waals surface area contributed by atoms with Crippen LogP contribution < -0.4 is 15.0 Å². The number of nitrogens with one attached hydrogen (secondary N) is 1. The lowest BCUT2D eigenvalue weighted by molar-refractivity contribution is -0.0498. The molecule has 3 rings (SSSR count). The Morgan fingerprint density at radius 2 is 1.71 bits per heavy atom. The molecular formula is C20H22F3N3O2. The highest BCUT2D eigenvalue weighted by Crippen LogP contribution is 2.20. The summed E-state index contributed by atoms with van der Waals surface area (Å²) in [5.41, 5.74) is 1.47. The number of carbonyl (C=O) groups excluding carboxylic acids is 1. The topological polar surface area (TPSA) is 44.8 Å². The van der Waals surface area contributed by atoms with Crippen molar-refractivity contribution < 1.29 is 22.7 Å². The summed E-state index contributed by atoms with van der Waals surface area (Å²) >= 11 is 0. The zero-order valence-corrected chi connectivity index (χ0v) is 15.3. The molecule has 1 fully saturated rings. The van der Waals surface area contributed by atoms with Gasteiger partial charge < -0.3 is 19.9 Å². The lowest BCUT2D eigenvalue weighted by Crippen LogP contribution is -2.52. The highest BCUT2D eigenvalue weighted by molar-refractivity contribution is 5.74. The van der Waals surface area contributed by atoms with Gasteiger partial charge in [0.05, 0.1) is 5.69 Å². The number of para-hydroxylation sites is 1. The van der Waals surface area contributed by atoms with Gasteiger partial charge in [-0.2, -0.15) is 8.78 Å². The Morgan fingerprint density at radius 3 is 2.36 bits per heavy atom. The zero-order valence-electron chi connectivity index (χ0n) is 15.3. The largest absolute Gasteiger partial charge is 0.435 e. The molecule has 1 aliphatic heterocycles. The SMILES string of the molecule is O=C(NCCc1ccc(OC(F)F)cc1)N1CCN(c2ccccc2F)CC1. The van der Waals surface area contributed by atoms with E-state index in [9.17, 15) is 18.0 Å². The minimum atomic E-state index is -2.84. The van der Waals surface area contributed by atoms with Crippen LogP contribution in [0.25, 0.3) is 0 Å². The van der Waals surface area contributed by atoms with Crippen LogP contribution in [0.3, 0.4) is 0 Å². The van der Waals surface area contributed by atoms with Crippen molar-refractivity contribution in [1.82, 2.24) is 10.2 Å². The van der Waals surface area contributed by atoms with Gasteiger partial charge in [0.2, 0.25) is 0 Å². The van der Waals surface area contributed by atoms with Crippen LogP contribution in [0.1, 0.15) is 5.56 Å². The summed E-state index contributed by atoms with van der Waals surface area (Å²) in [6.45, 7) is -0.245. The fourth-order valence-electron chi connectivity index (χ4n) is 3.12. The second-order valence-corrected chi connectivity index (χ2v) is 6.43. The van der Waals surface area contributed by atoms with Gasteiger partial charge in [-0.05, 0) is 36.2 Å². The van der Waals surface area contributed by atoms with E-state index in [2.05, 4.69) is 10.1 Å². The van der Waals surface area contributed by atoms with E-state index >= 15 is 0 Å². The summed E-state index contributed by atoms with van der Waals surface area (Å²) in [4.78, 5) is 15.9. The summed E-state index contributed by atoms with van der Waals surface area (Å²) in [7, 11) is 0. The molecule has 150 valence electrons. The first-order valence-electron chi connectivity index (χ1n) is 9.09. The van der Waals surface area contributed by atoms with Crippen molar-refractivity contribution in [2.75, 3.05) is 37.6 Å². The van der Waals surface area contributed by atoms with E-state index < -0.39 is 6.61 Å². The monoisotopic (exact) mass is 393 g/mol. The first-order valence-corrected chi connectivity index (χ1v) is 9.09. The molecule has 5 nitrogen and oxygen atoms in total. The summed E-state index contributed by atoms with van der Waals surface area (Å²) in [6.07, 6.45) is 0.579. The molecule has 1 N–H and O–H groups in total. The maximum Gasteiger partial charge on any atom is 0.387 e. The van der Waals surface area contributed by atoms with Crippen LogP contribution in [0.4, 0.5) is 23.7 Å². The fourth-order valence-corrected chi connectivity index (χ4v) is 3.12. The van der Waals surface area contributed by atoms with Crippen molar-refractivity contribution >= 4 is 11.7 Å². The van der Waals surface area contributed by atoms with E-state index in [0.29, 0.717) is 44.8 Å². The van der Waals surface area contributed by atoms with E-state index in [1.165, 1.54) is 18.2 Å². The minimum Gasteiger partial charge on any atom is -0.435 e. The van der Waals surface area contributed by atoms with Gasteiger partial charge in [-0.25, -0.2) is 9.18 Å². The third-order valence-corrected chi connectivity index (χ3v) is 4.60. The van der Waals surface area contributed by atoms with Crippen molar-refractivity contribution in [3.05, 3.63) is 59.9 Å². The number of anilines is 1. The van der Waals surface area contributed by atoms with Gasteiger partial charge in [-0.15, -0.1) is 0 Å². The van der Waals surface area contributed by atoms with E-state index in [0.717, 1.165) is 5.56 Å². The molecule has 0 saturated carbocycles. The number of rotatable bonds is 6. The lowest BCUT2D eigenvalue weighted by atomic mass is 10.1. The van der Waals surface area contributed by atoms with E-state index in [1.807, 2.05) is 4.90 Å². The summed E-state index contributed by atoms with van der Waals surface area (Å²) < 4.78 is 42.4. The molecule has 0 unspecified atom stereocenters. The molecule has 1 saturated heterocycles. The normalized spacial score (nSPS) is 14.3. The number of amides is 2. The van der Waals surface area contributed by atoms with Gasteiger partial charge in [-0.3, -0.25) is 0 Å². The average Bonchev–Trinajstić information content (AvgIpc) is 2.69. The third-order valence-electron chi connectivity index (χ3n) is 4.60. The Labute approximate surface area is 161 Å². The number of urea groups is 1. The summed E-state index contributed by atoms with van der Waals surface area (Å²) in [5, 5.41) is 2.86. The first-order chi connectivity index (χ1) is 13.5. The molecule has 0 radical (unpaired) electrons. The molecule has 2 aromatic rings. The number of piperazine rings is 1. The Kier molecular flexibility index (Phi) is 6.62. The Bertz CT molecular complexity index is 779. The molecule has 28 heavy (non-hydrogen) atoms. The van der Waals surface area contributed by atoms with Gasteiger partial charge in [0, 0.05) is 32.7 Å². The molecule has 0 atom stereocenters. The fraction of sp³-hybridized carbons (Fsp3) is 0.350. The lowest BCUT2D eigenvalue weighted by Gasteiger charge is -2.36. The van der Waals surface area contributed by atoms with Gasteiger partial charge in [-0.1, -0.05) is 24.3 Å². The summed E-state index contributed by atoms with van der Waals surface area (Å²) in [6, 6.07) is 12.8. The van der Waals surface area contributed by atoms with Crippen molar-refractivity contribution in [2.24, 2.45) is 0 Å². The second-order valence-electron chi connectivity index (χ2n) is 6.43. The van der Waals surface area contributed by atoms with Gasteiger partial charge in [0.15, 0.2) is 0 Å². The van der Waals surface area contributed by atoms with Gasteiger partial charge in [0.25, 0.3) is 0 Å². The maximum atomic E-state index is 13.9. The third kappa shape index (κ3) is 5.31. The molecule has 0 bridgehead atoms. The number of carbonyl (C=O) groups is 1. The molecule has 0 aliphatic carbocycles. The molecule has 0 aromatic heterocycles. The van der Waals surface area contributed by atoms with Crippen molar-refractivity contribution in [1.29, 1.82) is 0 Å². The van der Waals surface area contributed by atoms with Crippen LogP contribution in [-0.2, 0) is 6.42 Å². The molecule has 0 spiro atoms. The number of ether oxygens (including phenoxy) is 1. The Balaban J connectivity index is 1.41. The van der Waals surface area contributed by atoms with Crippen LogP contribution in [-0.4, -0.2) is 50.3 Å². The second kappa shape index (κ2) is 9.34.